The van der Waals surface area contributed by atoms with Crippen molar-refractivity contribution < 1.29 is 13.9 Å². The van der Waals surface area contributed by atoms with E-state index in [1.54, 1.807) is 6.92 Å². The van der Waals surface area contributed by atoms with E-state index in [-0.39, 0.29) is 23.6 Å². The third kappa shape index (κ3) is 5.32. The Morgan fingerprint density at radius 2 is 1.90 bits per heavy atom. The summed E-state index contributed by atoms with van der Waals surface area (Å²) in [6.07, 6.45) is 6.11. The van der Waals surface area contributed by atoms with E-state index in [9.17, 15) is 9.18 Å². The molecule has 4 rings (SSSR count). The molecule has 2 fully saturated rings. The first-order valence-electron chi connectivity index (χ1n) is 11.3. The molecule has 0 amide bonds. The summed E-state index contributed by atoms with van der Waals surface area (Å²) in [6.45, 7) is 6.83. The molecule has 166 valence electrons. The zero-order valence-corrected chi connectivity index (χ0v) is 18.4. The summed E-state index contributed by atoms with van der Waals surface area (Å²) >= 11 is 0. The molecule has 2 atom stereocenters. The molecule has 2 aliphatic heterocycles. The number of carbonyl (C=O) groups is 1. The second-order valence-corrected chi connectivity index (χ2v) is 8.74. The van der Waals surface area contributed by atoms with Gasteiger partial charge in [-0.15, -0.1) is 0 Å². The molecule has 0 aliphatic carbocycles. The number of anilines is 2. The fourth-order valence-electron chi connectivity index (χ4n) is 4.45. The molecule has 2 aliphatic rings. The third-order valence-electron chi connectivity index (χ3n) is 6.14. The standard InChI is InChI=1S/C24H31FN4O2/c1-17(14-18(2)30)19-6-8-20(9-7-19)31-21-10-13-29(16-21)23-22(25)15-26-24(27-23)28-11-4-3-5-12-28/h6-9,15,17,21H,3-5,10-14,16H2,1-2H3/t17-,21-/m1/s1. The van der Waals surface area contributed by atoms with Gasteiger partial charge < -0.3 is 19.3 Å². The molecular formula is C24H31FN4O2. The topological polar surface area (TPSA) is 58.6 Å². The monoisotopic (exact) mass is 426 g/mol. The van der Waals surface area contributed by atoms with Crippen molar-refractivity contribution in [3.8, 4) is 5.75 Å². The van der Waals surface area contributed by atoms with E-state index in [4.69, 9.17) is 4.74 Å². The Balaban J connectivity index is 1.38. The molecule has 0 bridgehead atoms. The smallest absolute Gasteiger partial charge is 0.227 e. The number of hydrogen-bond acceptors (Lipinski definition) is 6. The van der Waals surface area contributed by atoms with Crippen LogP contribution < -0.4 is 14.5 Å². The van der Waals surface area contributed by atoms with Crippen molar-refractivity contribution >= 4 is 17.5 Å². The lowest BCUT2D eigenvalue weighted by molar-refractivity contribution is -0.117. The molecule has 0 N–H and O–H groups in total. The second-order valence-electron chi connectivity index (χ2n) is 8.74. The molecular weight excluding hydrogens is 395 g/mol. The first-order valence-corrected chi connectivity index (χ1v) is 11.3. The van der Waals surface area contributed by atoms with Crippen LogP contribution >= 0.6 is 0 Å². The minimum absolute atomic E-state index is 0.0201. The summed E-state index contributed by atoms with van der Waals surface area (Å²) in [4.78, 5) is 24.2. The molecule has 1 aromatic carbocycles. The summed E-state index contributed by atoms with van der Waals surface area (Å²) < 4.78 is 20.6. The first-order chi connectivity index (χ1) is 15.0. The van der Waals surface area contributed by atoms with Gasteiger partial charge in [0.1, 0.15) is 17.6 Å². The van der Waals surface area contributed by atoms with Gasteiger partial charge in [-0.1, -0.05) is 19.1 Å². The quantitative estimate of drug-likeness (QED) is 0.656. The van der Waals surface area contributed by atoms with Crippen LogP contribution in [-0.2, 0) is 4.79 Å². The van der Waals surface area contributed by atoms with E-state index < -0.39 is 0 Å². The Hall–Kier alpha value is -2.70. The average molecular weight is 427 g/mol. The zero-order valence-electron chi connectivity index (χ0n) is 18.4. The molecule has 2 aromatic rings. The number of halogens is 1. The van der Waals surface area contributed by atoms with Crippen LogP contribution in [0.5, 0.6) is 5.75 Å². The van der Waals surface area contributed by atoms with Crippen LogP contribution in [0.3, 0.4) is 0 Å². The summed E-state index contributed by atoms with van der Waals surface area (Å²) in [7, 11) is 0. The molecule has 6 nitrogen and oxygen atoms in total. The molecule has 7 heteroatoms. The highest BCUT2D eigenvalue weighted by molar-refractivity contribution is 5.76. The van der Waals surface area contributed by atoms with Crippen LogP contribution in [0, 0.1) is 5.82 Å². The fourth-order valence-corrected chi connectivity index (χ4v) is 4.45. The number of piperidine rings is 1. The summed E-state index contributed by atoms with van der Waals surface area (Å²) in [5.41, 5.74) is 1.13. The number of Topliss-reactive ketones (excluding diaryl/α,β-unsaturated/α-hetero) is 1. The molecule has 0 spiro atoms. The summed E-state index contributed by atoms with van der Waals surface area (Å²) in [6, 6.07) is 7.94. The number of hydrogen-bond donors (Lipinski definition) is 0. The minimum Gasteiger partial charge on any atom is -0.489 e. The number of rotatable bonds is 7. The maximum Gasteiger partial charge on any atom is 0.227 e. The van der Waals surface area contributed by atoms with Gasteiger partial charge in [0.05, 0.1) is 12.7 Å². The first kappa shape index (κ1) is 21.5. The van der Waals surface area contributed by atoms with Crippen molar-refractivity contribution in [1.29, 1.82) is 0 Å². The highest BCUT2D eigenvalue weighted by Crippen LogP contribution is 2.28. The van der Waals surface area contributed by atoms with E-state index in [1.165, 1.54) is 12.6 Å². The fraction of sp³-hybridized carbons (Fsp3) is 0.542. The van der Waals surface area contributed by atoms with Gasteiger partial charge in [0.2, 0.25) is 5.95 Å². The van der Waals surface area contributed by atoms with Crippen molar-refractivity contribution in [3.63, 3.8) is 0 Å². The third-order valence-corrected chi connectivity index (χ3v) is 6.14. The van der Waals surface area contributed by atoms with Crippen LogP contribution in [0.4, 0.5) is 16.2 Å². The number of aromatic nitrogens is 2. The summed E-state index contributed by atoms with van der Waals surface area (Å²) in [5.74, 6) is 1.79. The number of nitrogens with zero attached hydrogens (tertiary/aromatic N) is 4. The average Bonchev–Trinajstić information content (AvgIpc) is 3.23. The SMILES string of the molecule is CC(=O)C[C@@H](C)c1ccc(O[C@@H]2CCN(c3nc(N4CCCCC4)ncc3F)C2)cc1. The van der Waals surface area contributed by atoms with Crippen LogP contribution in [0.15, 0.2) is 30.5 Å². The normalized spacial score (nSPS) is 20.0. The van der Waals surface area contributed by atoms with Gasteiger partial charge in [-0.05, 0) is 49.8 Å². The van der Waals surface area contributed by atoms with E-state index in [2.05, 4.69) is 21.8 Å². The van der Waals surface area contributed by atoms with Crippen molar-refractivity contribution in [1.82, 2.24) is 9.97 Å². The van der Waals surface area contributed by atoms with Gasteiger partial charge in [-0.3, -0.25) is 0 Å². The van der Waals surface area contributed by atoms with Gasteiger partial charge in [0, 0.05) is 32.5 Å². The number of benzene rings is 1. The lowest BCUT2D eigenvalue weighted by Crippen LogP contribution is -2.32. The molecule has 0 saturated carbocycles. The van der Waals surface area contributed by atoms with E-state index >= 15 is 0 Å². The highest BCUT2D eigenvalue weighted by Gasteiger charge is 2.28. The van der Waals surface area contributed by atoms with Crippen molar-refractivity contribution in [2.45, 2.75) is 58.0 Å². The summed E-state index contributed by atoms with van der Waals surface area (Å²) in [5, 5.41) is 0. The van der Waals surface area contributed by atoms with Crippen LogP contribution in [0.1, 0.15) is 57.4 Å². The maximum absolute atomic E-state index is 14.5. The molecule has 31 heavy (non-hydrogen) atoms. The van der Waals surface area contributed by atoms with Crippen molar-refractivity contribution in [2.24, 2.45) is 0 Å². The van der Waals surface area contributed by atoms with Gasteiger partial charge in [0.15, 0.2) is 11.6 Å². The Kier molecular flexibility index (Phi) is 6.68. The highest BCUT2D eigenvalue weighted by atomic mass is 19.1. The number of ether oxygens (including phenoxy) is 1. The van der Waals surface area contributed by atoms with Crippen molar-refractivity contribution in [2.75, 3.05) is 36.0 Å². The minimum atomic E-state index is -0.384. The van der Waals surface area contributed by atoms with Gasteiger partial charge in [-0.2, -0.15) is 4.98 Å². The predicted molar refractivity (Wildman–Crippen MR) is 119 cm³/mol. The van der Waals surface area contributed by atoms with Gasteiger partial charge in [-0.25, -0.2) is 9.37 Å². The largest absolute Gasteiger partial charge is 0.489 e. The second kappa shape index (κ2) is 9.62. The van der Waals surface area contributed by atoms with E-state index in [1.807, 2.05) is 29.2 Å². The predicted octanol–water partition coefficient (Wildman–Crippen LogP) is 4.35. The van der Waals surface area contributed by atoms with Crippen LogP contribution in [0.25, 0.3) is 0 Å². The lowest BCUT2D eigenvalue weighted by Gasteiger charge is -2.27. The van der Waals surface area contributed by atoms with Gasteiger partial charge in [0.25, 0.3) is 0 Å². The lowest BCUT2D eigenvalue weighted by atomic mass is 9.96. The molecule has 3 heterocycles. The number of ketones is 1. The molecule has 0 radical (unpaired) electrons. The molecule has 0 unspecified atom stereocenters. The van der Waals surface area contributed by atoms with Gasteiger partial charge >= 0.3 is 0 Å². The maximum atomic E-state index is 14.5. The van der Waals surface area contributed by atoms with E-state index in [0.29, 0.717) is 31.3 Å². The molecule has 1 aromatic heterocycles. The van der Waals surface area contributed by atoms with Crippen LogP contribution in [-0.4, -0.2) is 48.0 Å². The Morgan fingerprint density at radius 3 is 2.61 bits per heavy atom. The van der Waals surface area contributed by atoms with E-state index in [0.717, 1.165) is 43.7 Å². The molecule has 2 saturated heterocycles. The van der Waals surface area contributed by atoms with Crippen LogP contribution in [0.2, 0.25) is 0 Å². The zero-order chi connectivity index (χ0) is 21.8. The Labute approximate surface area is 183 Å². The Morgan fingerprint density at radius 1 is 1.16 bits per heavy atom. The Bertz CT molecular complexity index is 899. The number of carbonyl (C=O) groups excluding carboxylic acids is 1. The van der Waals surface area contributed by atoms with Crippen molar-refractivity contribution in [3.05, 3.63) is 41.8 Å².